The van der Waals surface area contributed by atoms with Crippen molar-refractivity contribution in [1.29, 1.82) is 0 Å². The van der Waals surface area contributed by atoms with Crippen molar-refractivity contribution in [2.45, 2.75) is 13.0 Å². The third-order valence-electron chi connectivity index (χ3n) is 7.31. The summed E-state index contributed by atoms with van der Waals surface area (Å²) in [5.74, 6) is 1.71. The fraction of sp³-hybridized carbons (Fsp3) is 0.281. The van der Waals surface area contributed by atoms with Gasteiger partial charge < -0.3 is 28.3 Å². The van der Waals surface area contributed by atoms with Crippen molar-refractivity contribution in [2.75, 3.05) is 52.0 Å². The molecule has 0 radical (unpaired) electrons. The van der Waals surface area contributed by atoms with Crippen molar-refractivity contribution in [2.24, 2.45) is 4.99 Å². The van der Waals surface area contributed by atoms with Gasteiger partial charge in [-0.1, -0.05) is 47.7 Å². The Balaban J connectivity index is 1.56. The molecule has 43 heavy (non-hydrogen) atoms. The first-order chi connectivity index (χ1) is 21.0. The molecule has 0 bridgehead atoms. The standard InChI is InChI=1S/C32H31N3O7S/c1-4-41-31(37)27-28(20-8-6-5-7-9-20)33-32-35(29(27)21-10-12-23(38-2)24(18-21)39-3)30(36)25(43-32)19-22-11-13-26(42-22)34-14-16-40-17-15-34/h5-13,18-19,29H,4,14-17H2,1-3H3/b25-19-/t29-/m0/s1. The van der Waals surface area contributed by atoms with E-state index < -0.39 is 12.0 Å². The van der Waals surface area contributed by atoms with E-state index in [1.807, 2.05) is 48.5 Å². The average Bonchev–Trinajstić information content (AvgIpc) is 3.64. The average molecular weight is 602 g/mol. The van der Waals surface area contributed by atoms with Crippen LogP contribution in [0.15, 0.2) is 80.4 Å². The van der Waals surface area contributed by atoms with Crippen LogP contribution in [-0.4, -0.2) is 57.7 Å². The maximum atomic E-state index is 14.1. The first-order valence-electron chi connectivity index (χ1n) is 13.9. The Labute approximate surface area is 251 Å². The van der Waals surface area contributed by atoms with Crippen LogP contribution in [0.4, 0.5) is 5.88 Å². The Kier molecular flexibility index (Phi) is 8.17. The summed E-state index contributed by atoms with van der Waals surface area (Å²) < 4.78 is 30.1. The number of esters is 1. The number of aromatic nitrogens is 1. The van der Waals surface area contributed by atoms with Crippen LogP contribution in [-0.2, 0) is 14.3 Å². The maximum absolute atomic E-state index is 14.1. The fourth-order valence-electron chi connectivity index (χ4n) is 5.28. The zero-order valence-electron chi connectivity index (χ0n) is 24.1. The van der Waals surface area contributed by atoms with E-state index in [4.69, 9.17) is 28.4 Å². The van der Waals surface area contributed by atoms with Gasteiger partial charge in [-0.25, -0.2) is 9.79 Å². The van der Waals surface area contributed by atoms with Gasteiger partial charge in [0.2, 0.25) is 0 Å². The number of methoxy groups -OCH3 is 2. The molecule has 2 aliphatic rings. The van der Waals surface area contributed by atoms with Crippen LogP contribution in [0, 0.1) is 0 Å². The highest BCUT2D eigenvalue weighted by Gasteiger charge is 2.35. The third-order valence-corrected chi connectivity index (χ3v) is 8.29. The van der Waals surface area contributed by atoms with Crippen molar-refractivity contribution in [3.8, 4) is 11.5 Å². The molecule has 10 nitrogen and oxygen atoms in total. The first-order valence-corrected chi connectivity index (χ1v) is 14.8. The number of morpholine rings is 1. The van der Waals surface area contributed by atoms with E-state index in [1.54, 1.807) is 43.9 Å². The van der Waals surface area contributed by atoms with Gasteiger partial charge in [0, 0.05) is 30.8 Å². The number of fused-ring (bicyclic) bond motifs is 1. The van der Waals surface area contributed by atoms with Gasteiger partial charge in [-0.2, -0.15) is 0 Å². The number of benzene rings is 2. The van der Waals surface area contributed by atoms with E-state index in [0.717, 1.165) is 24.5 Å². The molecule has 0 amide bonds. The van der Waals surface area contributed by atoms with Crippen LogP contribution in [0.2, 0.25) is 0 Å². The normalized spacial score (nSPS) is 17.0. The van der Waals surface area contributed by atoms with Gasteiger partial charge in [0.15, 0.2) is 22.2 Å². The first kappa shape index (κ1) is 28.5. The Morgan fingerprint density at radius 2 is 1.81 bits per heavy atom. The third kappa shape index (κ3) is 5.49. The topological polar surface area (TPSA) is 105 Å². The second-order valence-electron chi connectivity index (χ2n) is 9.82. The SMILES string of the molecule is CCOC(=O)C1=C(c2ccccc2)N=c2s/c(=C\c3ccc(N4CCOCC4)o3)c(=O)n2[C@H]1c1ccc(OC)c(OC)c1. The lowest BCUT2D eigenvalue weighted by molar-refractivity contribution is -0.138. The van der Waals surface area contributed by atoms with Crippen molar-refractivity contribution in [3.63, 3.8) is 0 Å². The largest absolute Gasteiger partial charge is 0.493 e. The number of ether oxygens (including phenoxy) is 4. The highest BCUT2D eigenvalue weighted by molar-refractivity contribution is 7.07. The van der Waals surface area contributed by atoms with Gasteiger partial charge in [-0.3, -0.25) is 9.36 Å². The van der Waals surface area contributed by atoms with Crippen molar-refractivity contribution in [3.05, 3.63) is 103 Å². The summed E-state index contributed by atoms with van der Waals surface area (Å²) in [5.41, 5.74) is 1.77. The summed E-state index contributed by atoms with van der Waals surface area (Å²) >= 11 is 1.24. The molecule has 1 saturated heterocycles. The van der Waals surface area contributed by atoms with Gasteiger partial charge in [-0.05, 0) is 30.7 Å². The number of hydrogen-bond acceptors (Lipinski definition) is 10. The molecule has 0 aliphatic carbocycles. The van der Waals surface area contributed by atoms with E-state index in [1.165, 1.54) is 11.3 Å². The molecule has 11 heteroatoms. The van der Waals surface area contributed by atoms with E-state index >= 15 is 0 Å². The minimum Gasteiger partial charge on any atom is -0.493 e. The van der Waals surface area contributed by atoms with E-state index in [2.05, 4.69) is 4.90 Å². The smallest absolute Gasteiger partial charge is 0.338 e. The lowest BCUT2D eigenvalue weighted by Crippen LogP contribution is -2.40. The number of carbonyl (C=O) groups is 1. The molecule has 4 heterocycles. The monoisotopic (exact) mass is 601 g/mol. The number of rotatable bonds is 8. The van der Waals surface area contributed by atoms with Gasteiger partial charge in [-0.15, -0.1) is 0 Å². The van der Waals surface area contributed by atoms with Gasteiger partial charge >= 0.3 is 5.97 Å². The van der Waals surface area contributed by atoms with E-state index in [-0.39, 0.29) is 17.7 Å². The molecule has 2 aliphatic heterocycles. The number of thiazole rings is 1. The molecule has 4 aromatic rings. The minimum atomic E-state index is -0.840. The molecule has 0 unspecified atom stereocenters. The number of carbonyl (C=O) groups excluding carboxylic acids is 1. The summed E-state index contributed by atoms with van der Waals surface area (Å²) in [7, 11) is 3.09. The van der Waals surface area contributed by atoms with Crippen LogP contribution in [0.5, 0.6) is 11.5 Å². The summed E-state index contributed by atoms with van der Waals surface area (Å²) in [4.78, 5) is 35.3. The molecule has 222 valence electrons. The lowest BCUT2D eigenvalue weighted by atomic mass is 9.93. The Morgan fingerprint density at radius 1 is 1.05 bits per heavy atom. The number of hydrogen-bond donors (Lipinski definition) is 0. The van der Waals surface area contributed by atoms with Crippen LogP contribution in [0.3, 0.4) is 0 Å². The summed E-state index contributed by atoms with van der Waals surface area (Å²) in [5, 5.41) is 0. The summed E-state index contributed by atoms with van der Waals surface area (Å²) in [6.07, 6.45) is 1.72. The molecule has 1 atom stereocenters. The molecular formula is C32H31N3O7S. The number of anilines is 1. The van der Waals surface area contributed by atoms with Gasteiger partial charge in [0.25, 0.3) is 5.56 Å². The van der Waals surface area contributed by atoms with Crippen LogP contribution in [0.1, 0.15) is 29.9 Å². The molecule has 0 saturated carbocycles. The van der Waals surface area contributed by atoms with Crippen molar-refractivity contribution < 1.29 is 28.2 Å². The van der Waals surface area contributed by atoms with Crippen LogP contribution >= 0.6 is 11.3 Å². The Hall–Kier alpha value is -4.61. The quantitative estimate of drug-likeness (QED) is 0.283. The molecule has 2 aromatic carbocycles. The van der Waals surface area contributed by atoms with Crippen molar-refractivity contribution >= 4 is 35.0 Å². The summed E-state index contributed by atoms with van der Waals surface area (Å²) in [6.45, 7) is 4.65. The van der Waals surface area contributed by atoms with E-state index in [9.17, 15) is 9.59 Å². The fourth-order valence-corrected chi connectivity index (χ4v) is 6.26. The highest BCUT2D eigenvalue weighted by Crippen LogP contribution is 2.38. The zero-order chi connectivity index (χ0) is 29.9. The number of nitrogens with zero attached hydrogens (tertiary/aromatic N) is 3. The Bertz CT molecular complexity index is 1850. The second-order valence-corrected chi connectivity index (χ2v) is 10.8. The zero-order valence-corrected chi connectivity index (χ0v) is 24.9. The molecular weight excluding hydrogens is 570 g/mol. The lowest BCUT2D eigenvalue weighted by Gasteiger charge is -2.26. The second kappa shape index (κ2) is 12.3. The maximum Gasteiger partial charge on any atom is 0.338 e. The van der Waals surface area contributed by atoms with Gasteiger partial charge in [0.1, 0.15) is 5.76 Å². The highest BCUT2D eigenvalue weighted by atomic mass is 32.1. The predicted octanol–water partition coefficient (Wildman–Crippen LogP) is 3.38. The Morgan fingerprint density at radius 3 is 2.53 bits per heavy atom. The summed E-state index contributed by atoms with van der Waals surface area (Å²) in [6, 6.07) is 17.7. The van der Waals surface area contributed by atoms with Crippen molar-refractivity contribution in [1.82, 2.24) is 4.57 Å². The van der Waals surface area contributed by atoms with Gasteiger partial charge in [0.05, 0.1) is 55.9 Å². The predicted molar refractivity (Wildman–Crippen MR) is 162 cm³/mol. The van der Waals surface area contributed by atoms with Crippen LogP contribution < -0.4 is 29.3 Å². The van der Waals surface area contributed by atoms with Crippen LogP contribution in [0.25, 0.3) is 11.8 Å². The molecule has 0 N–H and O–H groups in total. The molecule has 6 rings (SSSR count). The molecule has 0 spiro atoms. The van der Waals surface area contributed by atoms with E-state index in [0.29, 0.717) is 51.1 Å². The number of furan rings is 1. The molecule has 2 aromatic heterocycles. The molecule has 1 fully saturated rings. The minimum absolute atomic E-state index is 0.164.